The molecule has 0 saturated heterocycles. The lowest BCUT2D eigenvalue weighted by Gasteiger charge is -2.11. The maximum atomic E-state index is 11.3. The zero-order valence-corrected chi connectivity index (χ0v) is 10.2. The second kappa shape index (κ2) is 6.23. The van der Waals surface area contributed by atoms with Gasteiger partial charge in [0.05, 0.1) is 6.54 Å². The maximum Gasteiger partial charge on any atom is 0.233 e. The van der Waals surface area contributed by atoms with Crippen molar-refractivity contribution in [1.82, 2.24) is 10.6 Å². The first kappa shape index (κ1) is 12.6. The average Bonchev–Trinajstić information content (AvgIpc) is 2.93. The molecule has 1 aliphatic carbocycles. The van der Waals surface area contributed by atoms with E-state index in [0.29, 0.717) is 12.3 Å². The summed E-state index contributed by atoms with van der Waals surface area (Å²) in [6.07, 6.45) is 4.17. The molecule has 4 nitrogen and oxygen atoms in total. The maximum absolute atomic E-state index is 11.3. The summed E-state index contributed by atoms with van der Waals surface area (Å²) in [6.45, 7) is 3.08. The third-order valence-corrected chi connectivity index (χ3v) is 3.35. The lowest BCUT2D eigenvalue weighted by Crippen LogP contribution is -2.40. The van der Waals surface area contributed by atoms with Crippen LogP contribution in [-0.4, -0.2) is 41.3 Å². The standard InChI is InChI=1S/C10H20N2O2S/c1-8(7-15(2)14)11-6-10(13)12-5-9-3-4-9/h8-9,11H,3-7H2,1-2H3,(H,12,13). The third kappa shape index (κ3) is 6.62. The van der Waals surface area contributed by atoms with Crippen molar-refractivity contribution in [3.63, 3.8) is 0 Å². The van der Waals surface area contributed by atoms with Crippen molar-refractivity contribution in [2.75, 3.05) is 25.1 Å². The van der Waals surface area contributed by atoms with Crippen molar-refractivity contribution in [3.05, 3.63) is 0 Å². The van der Waals surface area contributed by atoms with Crippen LogP contribution in [0.3, 0.4) is 0 Å². The minimum absolute atomic E-state index is 0.0376. The van der Waals surface area contributed by atoms with Crippen LogP contribution in [-0.2, 0) is 15.6 Å². The topological polar surface area (TPSA) is 58.2 Å². The molecule has 0 aromatic heterocycles. The lowest BCUT2D eigenvalue weighted by molar-refractivity contribution is -0.120. The van der Waals surface area contributed by atoms with E-state index in [2.05, 4.69) is 10.6 Å². The second-order valence-corrected chi connectivity index (χ2v) is 5.75. The lowest BCUT2D eigenvalue weighted by atomic mass is 10.3. The highest BCUT2D eigenvalue weighted by atomic mass is 32.2. The van der Waals surface area contributed by atoms with E-state index in [4.69, 9.17) is 0 Å². The molecule has 0 spiro atoms. The summed E-state index contributed by atoms with van der Waals surface area (Å²) in [5.41, 5.74) is 0. The summed E-state index contributed by atoms with van der Waals surface area (Å²) < 4.78 is 10.9. The Kier molecular flexibility index (Phi) is 5.25. The minimum Gasteiger partial charge on any atom is -0.355 e. The van der Waals surface area contributed by atoms with Gasteiger partial charge in [0.2, 0.25) is 5.91 Å². The Morgan fingerprint density at radius 3 is 2.73 bits per heavy atom. The van der Waals surface area contributed by atoms with Crippen LogP contribution in [0, 0.1) is 5.92 Å². The van der Waals surface area contributed by atoms with Gasteiger partial charge in [-0.15, -0.1) is 0 Å². The summed E-state index contributed by atoms with van der Waals surface area (Å²) >= 11 is 0. The van der Waals surface area contributed by atoms with Gasteiger partial charge in [0.1, 0.15) is 0 Å². The van der Waals surface area contributed by atoms with E-state index in [1.807, 2.05) is 6.92 Å². The highest BCUT2D eigenvalue weighted by molar-refractivity contribution is 7.84. The van der Waals surface area contributed by atoms with Gasteiger partial charge in [0.15, 0.2) is 0 Å². The van der Waals surface area contributed by atoms with Crippen LogP contribution < -0.4 is 10.6 Å². The molecule has 2 atom stereocenters. The second-order valence-electron chi connectivity index (χ2n) is 4.27. The SMILES string of the molecule is CC(CS(C)=O)NCC(=O)NCC1CC1. The molecule has 1 fully saturated rings. The molecule has 2 N–H and O–H groups in total. The molecule has 0 bridgehead atoms. The predicted molar refractivity (Wildman–Crippen MR) is 62.1 cm³/mol. The Balaban J connectivity index is 2.01. The summed E-state index contributed by atoms with van der Waals surface area (Å²) in [5.74, 6) is 1.35. The number of nitrogens with one attached hydrogen (secondary N) is 2. The summed E-state index contributed by atoms with van der Waals surface area (Å²) in [6, 6.07) is 0.127. The summed E-state index contributed by atoms with van der Waals surface area (Å²) in [4.78, 5) is 11.3. The van der Waals surface area contributed by atoms with Gasteiger partial charge in [-0.05, 0) is 25.7 Å². The van der Waals surface area contributed by atoms with Crippen molar-refractivity contribution in [1.29, 1.82) is 0 Å². The number of hydrogen-bond acceptors (Lipinski definition) is 3. The fraction of sp³-hybridized carbons (Fsp3) is 0.900. The number of hydrogen-bond donors (Lipinski definition) is 2. The van der Waals surface area contributed by atoms with Gasteiger partial charge in [-0.2, -0.15) is 0 Å². The highest BCUT2D eigenvalue weighted by Gasteiger charge is 2.21. The Labute approximate surface area is 93.7 Å². The molecular weight excluding hydrogens is 212 g/mol. The van der Waals surface area contributed by atoms with Crippen molar-refractivity contribution >= 4 is 16.7 Å². The molecule has 88 valence electrons. The van der Waals surface area contributed by atoms with Gasteiger partial charge in [0, 0.05) is 35.4 Å². The van der Waals surface area contributed by atoms with Crippen LogP contribution in [0.5, 0.6) is 0 Å². The van der Waals surface area contributed by atoms with Crippen LogP contribution in [0.1, 0.15) is 19.8 Å². The first-order chi connectivity index (χ1) is 7.08. The molecule has 15 heavy (non-hydrogen) atoms. The molecule has 0 aromatic rings. The monoisotopic (exact) mass is 232 g/mol. The Hall–Kier alpha value is -0.420. The molecule has 0 aromatic carbocycles. The smallest absolute Gasteiger partial charge is 0.233 e. The van der Waals surface area contributed by atoms with Gasteiger partial charge < -0.3 is 10.6 Å². The Morgan fingerprint density at radius 1 is 1.53 bits per heavy atom. The van der Waals surface area contributed by atoms with E-state index in [-0.39, 0.29) is 11.9 Å². The van der Waals surface area contributed by atoms with Crippen molar-refractivity contribution in [2.45, 2.75) is 25.8 Å². The predicted octanol–water partition coefficient (Wildman–Crippen LogP) is -0.131. The molecule has 1 rings (SSSR count). The van der Waals surface area contributed by atoms with Crippen molar-refractivity contribution < 1.29 is 9.00 Å². The summed E-state index contributed by atoms with van der Waals surface area (Å²) in [5, 5.41) is 5.93. The molecule has 0 radical (unpaired) electrons. The number of carbonyl (C=O) groups is 1. The molecule has 0 heterocycles. The molecule has 0 aliphatic heterocycles. The van der Waals surface area contributed by atoms with E-state index in [0.717, 1.165) is 12.5 Å². The molecular formula is C10H20N2O2S. The van der Waals surface area contributed by atoms with Crippen LogP contribution >= 0.6 is 0 Å². The molecule has 5 heteroatoms. The Morgan fingerprint density at radius 2 is 2.20 bits per heavy atom. The molecule has 1 amide bonds. The number of carbonyl (C=O) groups excluding carboxylic acids is 1. The number of rotatable bonds is 7. The zero-order chi connectivity index (χ0) is 11.3. The average molecular weight is 232 g/mol. The van der Waals surface area contributed by atoms with Gasteiger partial charge in [-0.1, -0.05) is 0 Å². The van der Waals surface area contributed by atoms with Crippen molar-refractivity contribution in [3.8, 4) is 0 Å². The van der Waals surface area contributed by atoms with Crippen LogP contribution in [0.2, 0.25) is 0 Å². The molecule has 1 saturated carbocycles. The van der Waals surface area contributed by atoms with Gasteiger partial charge >= 0.3 is 0 Å². The number of amides is 1. The quantitative estimate of drug-likeness (QED) is 0.643. The highest BCUT2D eigenvalue weighted by Crippen LogP contribution is 2.27. The van der Waals surface area contributed by atoms with Gasteiger partial charge in [-0.25, -0.2) is 0 Å². The normalized spacial score (nSPS) is 19.6. The van der Waals surface area contributed by atoms with Gasteiger partial charge in [0.25, 0.3) is 0 Å². The van der Waals surface area contributed by atoms with Crippen LogP contribution in [0.15, 0.2) is 0 Å². The molecule has 2 unspecified atom stereocenters. The van der Waals surface area contributed by atoms with E-state index in [9.17, 15) is 9.00 Å². The first-order valence-corrected chi connectivity index (χ1v) is 7.10. The largest absolute Gasteiger partial charge is 0.355 e. The van der Waals surface area contributed by atoms with E-state index in [1.165, 1.54) is 12.8 Å². The Bertz CT molecular complexity index is 242. The van der Waals surface area contributed by atoms with Gasteiger partial charge in [-0.3, -0.25) is 9.00 Å². The van der Waals surface area contributed by atoms with E-state index in [1.54, 1.807) is 6.26 Å². The fourth-order valence-electron chi connectivity index (χ4n) is 1.32. The van der Waals surface area contributed by atoms with Crippen LogP contribution in [0.4, 0.5) is 0 Å². The summed E-state index contributed by atoms with van der Waals surface area (Å²) in [7, 11) is -0.806. The fourth-order valence-corrected chi connectivity index (χ4v) is 2.14. The van der Waals surface area contributed by atoms with E-state index < -0.39 is 10.8 Å². The van der Waals surface area contributed by atoms with E-state index >= 15 is 0 Å². The molecule has 1 aliphatic rings. The van der Waals surface area contributed by atoms with Crippen molar-refractivity contribution in [2.24, 2.45) is 5.92 Å². The minimum atomic E-state index is -0.806. The zero-order valence-electron chi connectivity index (χ0n) is 9.41. The third-order valence-electron chi connectivity index (χ3n) is 2.38. The first-order valence-electron chi connectivity index (χ1n) is 5.38. The van der Waals surface area contributed by atoms with Crippen LogP contribution in [0.25, 0.3) is 0 Å².